The molecule has 0 heterocycles. The molecule has 2 nitrogen and oxygen atoms in total. The van der Waals surface area contributed by atoms with Crippen molar-refractivity contribution in [2.24, 2.45) is 5.92 Å². The van der Waals surface area contributed by atoms with Gasteiger partial charge in [0.05, 0.1) is 6.04 Å². The second kappa shape index (κ2) is 7.29. The van der Waals surface area contributed by atoms with Gasteiger partial charge in [0.2, 0.25) is 0 Å². The van der Waals surface area contributed by atoms with Crippen molar-refractivity contribution in [3.63, 3.8) is 0 Å². The van der Waals surface area contributed by atoms with Crippen molar-refractivity contribution in [3.8, 4) is 0 Å². The molecular weight excluding hydrogens is 279 g/mol. The number of carbonyl (C=O) groups excluding carboxylic acids is 1. The average Bonchev–Trinajstić information content (AvgIpc) is 2.42. The molecule has 0 N–H and O–H groups in total. The molecule has 0 aromatic heterocycles. The van der Waals surface area contributed by atoms with Crippen LogP contribution in [0.5, 0.6) is 0 Å². The van der Waals surface area contributed by atoms with Gasteiger partial charge in [-0.2, -0.15) is 13.2 Å². The Bertz CT molecular complexity index is 468. The highest BCUT2D eigenvalue weighted by atomic mass is 19.4. The first kappa shape index (κ1) is 17.3. The molecule has 0 fully saturated rings. The van der Waals surface area contributed by atoms with Crippen molar-refractivity contribution in [3.05, 3.63) is 48.6 Å². The molecule has 0 aliphatic rings. The number of halogens is 3. The minimum Gasteiger partial charge on any atom is -0.328 e. The molecule has 0 unspecified atom stereocenters. The van der Waals surface area contributed by atoms with Crippen LogP contribution in [0, 0.1) is 5.92 Å². The first-order valence-corrected chi connectivity index (χ1v) is 6.81. The van der Waals surface area contributed by atoms with Crippen LogP contribution in [0.4, 0.5) is 13.2 Å². The van der Waals surface area contributed by atoms with E-state index in [2.05, 4.69) is 6.58 Å². The third-order valence-corrected chi connectivity index (χ3v) is 3.27. The van der Waals surface area contributed by atoms with Gasteiger partial charge in [0.25, 0.3) is 0 Å². The molecule has 21 heavy (non-hydrogen) atoms. The Morgan fingerprint density at radius 1 is 1.29 bits per heavy atom. The van der Waals surface area contributed by atoms with Gasteiger partial charge in [0.1, 0.15) is 0 Å². The number of carbonyl (C=O) groups is 1. The van der Waals surface area contributed by atoms with Crippen molar-refractivity contribution < 1.29 is 18.0 Å². The van der Waals surface area contributed by atoms with Crippen LogP contribution in [-0.4, -0.2) is 29.6 Å². The molecular formula is C16H20F3NO. The molecule has 1 atom stereocenters. The summed E-state index contributed by atoms with van der Waals surface area (Å²) in [5.41, 5.74) is 0.893. The minimum absolute atomic E-state index is 0.0111. The van der Waals surface area contributed by atoms with Crippen molar-refractivity contribution in [1.82, 2.24) is 4.90 Å². The Labute approximate surface area is 123 Å². The number of rotatable bonds is 6. The third-order valence-electron chi connectivity index (χ3n) is 3.27. The van der Waals surface area contributed by atoms with Gasteiger partial charge >= 0.3 is 12.1 Å². The number of hydrogen-bond donors (Lipinski definition) is 0. The summed E-state index contributed by atoms with van der Waals surface area (Å²) in [5.74, 6) is -1.94. The van der Waals surface area contributed by atoms with Crippen LogP contribution in [0.3, 0.4) is 0 Å². The summed E-state index contributed by atoms with van der Waals surface area (Å²) >= 11 is 0. The normalized spacial score (nSPS) is 13.0. The van der Waals surface area contributed by atoms with Gasteiger partial charge in [-0.15, -0.1) is 6.58 Å². The van der Waals surface area contributed by atoms with E-state index in [1.165, 1.54) is 6.08 Å². The Morgan fingerprint density at radius 3 is 2.29 bits per heavy atom. The highest BCUT2D eigenvalue weighted by molar-refractivity contribution is 5.82. The quantitative estimate of drug-likeness (QED) is 0.731. The number of alkyl halides is 3. The molecule has 0 spiro atoms. The van der Waals surface area contributed by atoms with Gasteiger partial charge in [-0.05, 0) is 17.9 Å². The van der Waals surface area contributed by atoms with Gasteiger partial charge in [0.15, 0.2) is 0 Å². The molecule has 0 saturated carbocycles. The lowest BCUT2D eigenvalue weighted by atomic mass is 10.0. The van der Waals surface area contributed by atoms with Crippen molar-refractivity contribution >= 4 is 5.91 Å². The van der Waals surface area contributed by atoms with Gasteiger partial charge in [-0.3, -0.25) is 4.79 Å². The van der Waals surface area contributed by atoms with Gasteiger partial charge in [-0.1, -0.05) is 50.3 Å². The number of hydrogen-bond acceptors (Lipinski definition) is 1. The molecule has 0 aliphatic carbocycles. The number of nitrogens with zero attached hydrogens (tertiary/aromatic N) is 1. The summed E-state index contributed by atoms with van der Waals surface area (Å²) < 4.78 is 38.3. The molecule has 1 aromatic carbocycles. The second-order valence-electron chi connectivity index (χ2n) is 5.20. The monoisotopic (exact) mass is 299 g/mol. The Hall–Kier alpha value is -1.78. The van der Waals surface area contributed by atoms with Crippen molar-refractivity contribution in [1.29, 1.82) is 0 Å². The zero-order valence-electron chi connectivity index (χ0n) is 12.2. The molecule has 1 aromatic rings. The Morgan fingerprint density at radius 2 is 1.86 bits per heavy atom. The second-order valence-corrected chi connectivity index (χ2v) is 5.20. The molecule has 116 valence electrons. The van der Waals surface area contributed by atoms with Gasteiger partial charge in [0, 0.05) is 6.54 Å². The largest absolute Gasteiger partial charge is 0.471 e. The van der Waals surface area contributed by atoms with Crippen LogP contribution in [0.2, 0.25) is 0 Å². The summed E-state index contributed by atoms with van der Waals surface area (Å²) in [6, 6.07) is 8.49. The molecule has 0 saturated heterocycles. The maximum absolute atomic E-state index is 12.8. The minimum atomic E-state index is -4.87. The van der Waals surface area contributed by atoms with Crippen LogP contribution in [0.25, 0.3) is 0 Å². The summed E-state index contributed by atoms with van der Waals surface area (Å²) in [6.45, 7) is 7.11. The van der Waals surface area contributed by atoms with Crippen LogP contribution >= 0.6 is 0 Å². The lowest BCUT2D eigenvalue weighted by Crippen LogP contribution is -2.49. The molecule has 0 radical (unpaired) electrons. The highest BCUT2D eigenvalue weighted by Crippen LogP contribution is 2.23. The van der Waals surface area contributed by atoms with E-state index in [4.69, 9.17) is 0 Å². The first-order valence-electron chi connectivity index (χ1n) is 6.81. The fourth-order valence-electron chi connectivity index (χ4n) is 2.20. The average molecular weight is 299 g/mol. The van der Waals surface area contributed by atoms with E-state index in [-0.39, 0.29) is 12.5 Å². The van der Waals surface area contributed by atoms with E-state index in [9.17, 15) is 18.0 Å². The van der Waals surface area contributed by atoms with Crippen LogP contribution < -0.4 is 0 Å². The molecule has 0 bridgehead atoms. The molecule has 1 rings (SSSR count). The number of amides is 1. The predicted molar refractivity (Wildman–Crippen MR) is 76.7 cm³/mol. The SMILES string of the molecule is C=C[C@@H](C(C)C)N(CCc1ccccc1)C(=O)C(F)(F)F. The summed E-state index contributed by atoms with van der Waals surface area (Å²) in [6.07, 6.45) is -3.09. The predicted octanol–water partition coefficient (Wildman–Crippen LogP) is 3.83. The van der Waals surface area contributed by atoms with Crippen molar-refractivity contribution in [2.45, 2.75) is 32.5 Å². The third kappa shape index (κ3) is 4.92. The first-order chi connectivity index (χ1) is 9.77. The van der Waals surface area contributed by atoms with Crippen LogP contribution in [0.1, 0.15) is 19.4 Å². The maximum atomic E-state index is 12.8. The molecule has 0 aliphatic heterocycles. The topological polar surface area (TPSA) is 20.3 Å². The van der Waals surface area contributed by atoms with Gasteiger partial charge < -0.3 is 4.90 Å². The zero-order valence-corrected chi connectivity index (χ0v) is 12.2. The summed E-state index contributed by atoms with van der Waals surface area (Å²) in [5, 5.41) is 0. The lowest BCUT2D eigenvalue weighted by Gasteiger charge is -2.33. The van der Waals surface area contributed by atoms with E-state index >= 15 is 0 Å². The number of benzene rings is 1. The van der Waals surface area contributed by atoms with Gasteiger partial charge in [-0.25, -0.2) is 0 Å². The van der Waals surface area contributed by atoms with E-state index in [1.54, 1.807) is 13.8 Å². The Balaban J connectivity index is 2.91. The van der Waals surface area contributed by atoms with Crippen LogP contribution in [-0.2, 0) is 11.2 Å². The van der Waals surface area contributed by atoms with E-state index in [0.717, 1.165) is 10.5 Å². The summed E-state index contributed by atoms with van der Waals surface area (Å²) in [7, 11) is 0. The van der Waals surface area contributed by atoms with E-state index in [0.29, 0.717) is 6.42 Å². The fourth-order valence-corrected chi connectivity index (χ4v) is 2.20. The smallest absolute Gasteiger partial charge is 0.328 e. The summed E-state index contributed by atoms with van der Waals surface area (Å²) in [4.78, 5) is 12.5. The standard InChI is InChI=1S/C16H20F3NO/c1-4-14(12(2)3)20(15(21)16(17,18)19)11-10-13-8-6-5-7-9-13/h4-9,12,14H,1,10-11H2,2-3H3/t14-/m0/s1. The molecule has 5 heteroatoms. The van der Waals surface area contributed by atoms with Crippen LogP contribution in [0.15, 0.2) is 43.0 Å². The fraction of sp³-hybridized carbons (Fsp3) is 0.438. The highest BCUT2D eigenvalue weighted by Gasteiger charge is 2.44. The lowest BCUT2D eigenvalue weighted by molar-refractivity contribution is -0.187. The van der Waals surface area contributed by atoms with E-state index < -0.39 is 18.1 Å². The Kier molecular flexibility index (Phi) is 6.00. The van der Waals surface area contributed by atoms with E-state index in [1.807, 2.05) is 30.3 Å². The zero-order chi connectivity index (χ0) is 16.0. The van der Waals surface area contributed by atoms with Crippen molar-refractivity contribution in [2.75, 3.05) is 6.54 Å². The molecule has 1 amide bonds. The maximum Gasteiger partial charge on any atom is 0.471 e.